The van der Waals surface area contributed by atoms with Crippen LogP contribution in [0.25, 0.3) is 0 Å². The summed E-state index contributed by atoms with van der Waals surface area (Å²) in [5, 5.41) is 12.1. The molecule has 5 atom stereocenters. The third kappa shape index (κ3) is 7.56. The molecule has 0 radical (unpaired) electrons. The van der Waals surface area contributed by atoms with Gasteiger partial charge in [0.1, 0.15) is 6.10 Å². The maximum atomic E-state index is 15.8. The van der Waals surface area contributed by atoms with Gasteiger partial charge < -0.3 is 24.2 Å². The van der Waals surface area contributed by atoms with Crippen molar-refractivity contribution < 1.29 is 37.7 Å². The molecule has 1 aliphatic heterocycles. The van der Waals surface area contributed by atoms with Crippen molar-refractivity contribution in [1.82, 2.24) is 0 Å². The van der Waals surface area contributed by atoms with Crippen molar-refractivity contribution in [2.24, 2.45) is 11.1 Å². The lowest BCUT2D eigenvalue weighted by Gasteiger charge is -2.47. The van der Waals surface area contributed by atoms with E-state index in [1.807, 2.05) is 74.5 Å². The molecule has 1 aliphatic rings. The molecule has 0 unspecified atom stereocenters. The summed E-state index contributed by atoms with van der Waals surface area (Å²) in [6, 6.07) is 18.7. The predicted molar refractivity (Wildman–Crippen MR) is 134 cm³/mol. The van der Waals surface area contributed by atoms with Gasteiger partial charge in [0.25, 0.3) is 5.92 Å². The highest BCUT2D eigenvalue weighted by Gasteiger charge is 2.56. The van der Waals surface area contributed by atoms with Gasteiger partial charge in [-0.1, -0.05) is 79.7 Å². The molecule has 0 aliphatic carbocycles. The molecule has 0 aromatic heterocycles. The van der Waals surface area contributed by atoms with Crippen molar-refractivity contribution in [2.45, 2.75) is 77.2 Å². The Balaban J connectivity index is 1.92. The van der Waals surface area contributed by atoms with Crippen LogP contribution in [0.5, 0.6) is 0 Å². The Morgan fingerprint density at radius 2 is 1.51 bits per heavy atom. The normalized spacial score (nSPS) is 24.6. The molecule has 2 aromatic carbocycles. The van der Waals surface area contributed by atoms with Crippen LogP contribution < -0.4 is 0 Å². The molecule has 1 saturated heterocycles. The SMILES string of the molecule is CCOC(=O)/C(CC(F)(F)[C@@H]1O[C@H](CC)[C@H](C)[C@H](OCc2ccccc2)[C@H]1OCc1ccccc1)=N\O. The zero-order valence-corrected chi connectivity index (χ0v) is 21.4. The van der Waals surface area contributed by atoms with Gasteiger partial charge in [-0.2, -0.15) is 0 Å². The van der Waals surface area contributed by atoms with E-state index in [9.17, 15) is 10.0 Å². The van der Waals surface area contributed by atoms with Crippen molar-refractivity contribution in [2.75, 3.05) is 6.61 Å². The van der Waals surface area contributed by atoms with E-state index in [0.29, 0.717) is 6.42 Å². The molecule has 0 spiro atoms. The number of oxime groups is 1. The van der Waals surface area contributed by atoms with Crippen LogP contribution in [-0.2, 0) is 37.0 Å². The molecule has 1 fully saturated rings. The Morgan fingerprint density at radius 1 is 0.973 bits per heavy atom. The highest BCUT2D eigenvalue weighted by molar-refractivity contribution is 6.36. The van der Waals surface area contributed by atoms with E-state index in [4.69, 9.17) is 18.9 Å². The Labute approximate surface area is 216 Å². The number of carbonyl (C=O) groups is 1. The number of alkyl halides is 2. The third-order valence-electron chi connectivity index (χ3n) is 6.47. The molecule has 1 N–H and O–H groups in total. The monoisotopic (exact) mass is 519 g/mol. The summed E-state index contributed by atoms with van der Waals surface area (Å²) in [4.78, 5) is 12.1. The third-order valence-corrected chi connectivity index (χ3v) is 6.47. The summed E-state index contributed by atoms with van der Waals surface area (Å²) in [5.74, 6) is -4.99. The highest BCUT2D eigenvalue weighted by atomic mass is 19.3. The fourth-order valence-electron chi connectivity index (χ4n) is 4.53. The lowest BCUT2D eigenvalue weighted by Crippen LogP contribution is -2.61. The minimum atomic E-state index is -3.63. The van der Waals surface area contributed by atoms with E-state index in [0.717, 1.165) is 11.1 Å². The number of hydrogen-bond acceptors (Lipinski definition) is 7. The standard InChI is InChI=1S/C28H35F2NO6/c1-4-23-19(3)24(35-17-20-12-8-6-9-13-20)25(36-18-21-14-10-7-11-15-21)26(37-23)28(29,30)16-22(31-33)27(32)34-5-2/h6-15,19,23-26,33H,4-5,16-18H2,1-3H3/b31-22-/t19-,23+,24-,25+,26+/m0/s1. The Hall–Kier alpha value is -2.88. The molecule has 2 aromatic rings. The Morgan fingerprint density at radius 3 is 2.00 bits per heavy atom. The molecule has 0 amide bonds. The van der Waals surface area contributed by atoms with Crippen molar-refractivity contribution >= 4 is 11.7 Å². The average Bonchev–Trinajstić information content (AvgIpc) is 2.91. The maximum absolute atomic E-state index is 15.8. The number of carbonyl (C=O) groups excluding carboxylic acids is 1. The summed E-state index contributed by atoms with van der Waals surface area (Å²) >= 11 is 0. The first-order chi connectivity index (χ1) is 17.8. The number of hydrogen-bond donors (Lipinski definition) is 1. The van der Waals surface area contributed by atoms with E-state index in [1.54, 1.807) is 0 Å². The van der Waals surface area contributed by atoms with Crippen LogP contribution in [0, 0.1) is 5.92 Å². The number of benzene rings is 2. The van der Waals surface area contributed by atoms with Crippen molar-refractivity contribution in [3.05, 3.63) is 71.8 Å². The largest absolute Gasteiger partial charge is 0.461 e. The minimum absolute atomic E-state index is 0.0447. The van der Waals surface area contributed by atoms with E-state index < -0.39 is 48.4 Å². The first kappa shape index (κ1) is 28.7. The minimum Gasteiger partial charge on any atom is -0.461 e. The lowest BCUT2D eigenvalue weighted by molar-refractivity contribution is -0.281. The molecular weight excluding hydrogens is 484 g/mol. The van der Waals surface area contributed by atoms with Gasteiger partial charge in [-0.25, -0.2) is 13.6 Å². The average molecular weight is 520 g/mol. The summed E-state index contributed by atoms with van der Waals surface area (Å²) < 4.78 is 54.7. The van der Waals surface area contributed by atoms with Crippen molar-refractivity contribution in [3.63, 3.8) is 0 Å². The summed E-state index contributed by atoms with van der Waals surface area (Å²) in [6.07, 6.45) is -4.89. The molecular formula is C28H35F2NO6. The molecule has 1 heterocycles. The Kier molecular flexibility index (Phi) is 10.5. The zero-order valence-electron chi connectivity index (χ0n) is 21.4. The number of rotatable bonds is 12. The van der Waals surface area contributed by atoms with Crippen LogP contribution in [0.3, 0.4) is 0 Å². The van der Waals surface area contributed by atoms with Crippen LogP contribution in [0.1, 0.15) is 44.7 Å². The van der Waals surface area contributed by atoms with Crippen LogP contribution in [0.4, 0.5) is 8.78 Å². The number of halogens is 2. The second-order valence-corrected chi connectivity index (χ2v) is 9.09. The molecule has 0 bridgehead atoms. The van der Waals surface area contributed by atoms with E-state index in [1.165, 1.54) is 6.92 Å². The second-order valence-electron chi connectivity index (χ2n) is 9.09. The molecule has 9 heteroatoms. The topological polar surface area (TPSA) is 86.6 Å². The predicted octanol–water partition coefficient (Wildman–Crippen LogP) is 5.39. The first-order valence-electron chi connectivity index (χ1n) is 12.5. The molecule has 7 nitrogen and oxygen atoms in total. The molecule has 202 valence electrons. The van der Waals surface area contributed by atoms with E-state index >= 15 is 8.78 Å². The van der Waals surface area contributed by atoms with Gasteiger partial charge in [-0.15, -0.1) is 0 Å². The first-order valence-corrected chi connectivity index (χ1v) is 12.5. The van der Waals surface area contributed by atoms with Gasteiger partial charge in [-0.05, 0) is 24.5 Å². The van der Waals surface area contributed by atoms with Gasteiger partial charge in [0.2, 0.25) is 0 Å². The maximum Gasteiger partial charge on any atom is 0.356 e. The second kappa shape index (κ2) is 13.6. The quantitative estimate of drug-likeness (QED) is 0.175. The van der Waals surface area contributed by atoms with Crippen molar-refractivity contribution in [1.29, 1.82) is 0 Å². The van der Waals surface area contributed by atoms with Crippen LogP contribution >= 0.6 is 0 Å². The smallest absolute Gasteiger partial charge is 0.356 e. The van der Waals surface area contributed by atoms with Gasteiger partial charge >= 0.3 is 5.97 Å². The number of esters is 1. The summed E-state index contributed by atoms with van der Waals surface area (Å²) in [5.41, 5.74) is 0.919. The fraction of sp³-hybridized carbons (Fsp3) is 0.500. The molecule has 0 saturated carbocycles. The number of ether oxygens (including phenoxy) is 4. The van der Waals surface area contributed by atoms with Gasteiger partial charge in [0.05, 0.1) is 38.4 Å². The molecule has 3 rings (SSSR count). The van der Waals surface area contributed by atoms with Gasteiger partial charge in [0, 0.05) is 5.92 Å². The van der Waals surface area contributed by atoms with E-state index in [-0.39, 0.29) is 25.7 Å². The number of nitrogens with zero attached hydrogens (tertiary/aromatic N) is 1. The van der Waals surface area contributed by atoms with Crippen molar-refractivity contribution in [3.8, 4) is 0 Å². The Bertz CT molecular complexity index is 1000. The zero-order chi connectivity index (χ0) is 26.8. The summed E-state index contributed by atoms with van der Waals surface area (Å²) in [7, 11) is 0. The molecule has 37 heavy (non-hydrogen) atoms. The fourth-order valence-corrected chi connectivity index (χ4v) is 4.53. The van der Waals surface area contributed by atoms with E-state index in [2.05, 4.69) is 5.16 Å². The highest BCUT2D eigenvalue weighted by Crippen LogP contribution is 2.40. The van der Waals surface area contributed by atoms with Crippen LogP contribution in [0.15, 0.2) is 65.8 Å². The van der Waals surface area contributed by atoms with Crippen LogP contribution in [-0.4, -0.2) is 53.8 Å². The van der Waals surface area contributed by atoms with Gasteiger partial charge in [-0.3, -0.25) is 0 Å². The van der Waals surface area contributed by atoms with Crippen LogP contribution in [0.2, 0.25) is 0 Å². The lowest BCUT2D eigenvalue weighted by atomic mass is 9.83. The summed E-state index contributed by atoms with van der Waals surface area (Å²) in [6.45, 7) is 5.52. The van der Waals surface area contributed by atoms with Gasteiger partial charge in [0.15, 0.2) is 11.8 Å².